The van der Waals surface area contributed by atoms with Gasteiger partial charge in [-0.05, 0) is 44.3 Å². The van der Waals surface area contributed by atoms with Crippen molar-refractivity contribution in [1.29, 1.82) is 0 Å². The quantitative estimate of drug-likeness (QED) is 0.819. The molecule has 6 nitrogen and oxygen atoms in total. The topological polar surface area (TPSA) is 88.3 Å². The van der Waals surface area contributed by atoms with Crippen LogP contribution in [0.3, 0.4) is 0 Å². The Morgan fingerprint density at radius 3 is 2.90 bits per heavy atom. The van der Waals surface area contributed by atoms with E-state index in [0.717, 1.165) is 19.5 Å². The number of likely N-dealkylation sites (N-methyl/N-ethyl adjacent to an activating group) is 1. The zero-order valence-electron chi connectivity index (χ0n) is 11.8. The Labute approximate surface area is 124 Å². The molecule has 1 aliphatic heterocycles. The van der Waals surface area contributed by atoms with Crippen LogP contribution < -0.4 is 10.5 Å². The van der Waals surface area contributed by atoms with Gasteiger partial charge in [0.15, 0.2) is 0 Å². The van der Waals surface area contributed by atoms with Gasteiger partial charge in [0.1, 0.15) is 4.90 Å². The van der Waals surface area contributed by atoms with E-state index in [2.05, 4.69) is 14.6 Å². The summed E-state index contributed by atoms with van der Waals surface area (Å²) >= 11 is 0. The zero-order valence-corrected chi connectivity index (χ0v) is 12.6. The zero-order chi connectivity index (χ0) is 15.0. The first-order valence-electron chi connectivity index (χ1n) is 6.81. The number of rotatable bonds is 3. The smallest absolute Gasteiger partial charge is 0.243 e. The van der Waals surface area contributed by atoms with Crippen LogP contribution in [0.15, 0.2) is 35.4 Å². The molecular formula is C14H18N4O2S. The van der Waals surface area contributed by atoms with Gasteiger partial charge in [0.05, 0.1) is 5.52 Å². The highest BCUT2D eigenvalue weighted by atomic mass is 32.2. The highest BCUT2D eigenvalue weighted by Gasteiger charge is 2.27. The van der Waals surface area contributed by atoms with Crippen molar-refractivity contribution in [2.75, 3.05) is 25.9 Å². The van der Waals surface area contributed by atoms with Crippen molar-refractivity contribution in [1.82, 2.24) is 14.6 Å². The number of hydrogen-bond acceptors (Lipinski definition) is 5. The van der Waals surface area contributed by atoms with Crippen LogP contribution in [0, 0.1) is 0 Å². The normalized spacial score (nSPS) is 20.1. The van der Waals surface area contributed by atoms with Crippen LogP contribution in [-0.4, -0.2) is 44.5 Å². The average Bonchev–Trinajstić information content (AvgIpc) is 2.83. The Balaban J connectivity index is 2.01. The van der Waals surface area contributed by atoms with Gasteiger partial charge in [-0.2, -0.15) is 0 Å². The van der Waals surface area contributed by atoms with Gasteiger partial charge < -0.3 is 10.6 Å². The third kappa shape index (κ3) is 2.72. The number of likely N-dealkylation sites (tertiary alicyclic amines) is 1. The number of nitrogens with two attached hydrogens (primary N) is 1. The Kier molecular flexibility index (Phi) is 3.56. The molecule has 3 rings (SSSR count). The summed E-state index contributed by atoms with van der Waals surface area (Å²) in [6.07, 6.45) is 2.39. The van der Waals surface area contributed by atoms with Gasteiger partial charge in [0.2, 0.25) is 10.0 Å². The number of pyridine rings is 1. The highest BCUT2D eigenvalue weighted by molar-refractivity contribution is 7.89. The van der Waals surface area contributed by atoms with Gasteiger partial charge >= 0.3 is 0 Å². The standard InChI is InChI=1S/C14H18N4O2S/c1-18-8-6-10(9-18)17-21(19,20)13-5-4-12(15)11-3-2-7-16-14(11)13/h2-5,7,10,17H,6,8-9,15H2,1H3. The third-order valence-electron chi connectivity index (χ3n) is 3.77. The van der Waals surface area contributed by atoms with Crippen molar-refractivity contribution in [3.05, 3.63) is 30.5 Å². The minimum Gasteiger partial charge on any atom is -0.398 e. The molecule has 1 aromatic carbocycles. The number of sulfonamides is 1. The number of nitrogen functional groups attached to an aromatic ring is 1. The Bertz CT molecular complexity index is 776. The van der Waals surface area contributed by atoms with E-state index in [1.54, 1.807) is 24.4 Å². The minimum absolute atomic E-state index is 0.0590. The van der Waals surface area contributed by atoms with Crippen LogP contribution in [0.5, 0.6) is 0 Å². The molecule has 0 amide bonds. The molecule has 0 saturated carbocycles. The molecule has 3 N–H and O–H groups in total. The molecular weight excluding hydrogens is 288 g/mol. The second-order valence-electron chi connectivity index (χ2n) is 5.42. The van der Waals surface area contributed by atoms with Gasteiger partial charge in [0, 0.05) is 29.9 Å². The number of aromatic nitrogens is 1. The lowest BCUT2D eigenvalue weighted by Crippen LogP contribution is -2.36. The second kappa shape index (κ2) is 5.25. The van der Waals surface area contributed by atoms with Crippen LogP contribution in [0.2, 0.25) is 0 Å². The van der Waals surface area contributed by atoms with E-state index in [9.17, 15) is 8.42 Å². The van der Waals surface area contributed by atoms with E-state index < -0.39 is 10.0 Å². The summed E-state index contributed by atoms with van der Waals surface area (Å²) in [4.78, 5) is 6.47. The van der Waals surface area contributed by atoms with Crippen molar-refractivity contribution in [3.63, 3.8) is 0 Å². The molecule has 1 fully saturated rings. The van der Waals surface area contributed by atoms with Crippen molar-refractivity contribution in [2.45, 2.75) is 17.4 Å². The van der Waals surface area contributed by atoms with Crippen molar-refractivity contribution < 1.29 is 8.42 Å². The molecule has 1 aromatic heterocycles. The first-order chi connectivity index (χ1) is 9.97. The van der Waals surface area contributed by atoms with E-state index in [4.69, 9.17) is 5.73 Å². The molecule has 0 bridgehead atoms. The van der Waals surface area contributed by atoms with Crippen LogP contribution in [-0.2, 0) is 10.0 Å². The lowest BCUT2D eigenvalue weighted by Gasteiger charge is -2.14. The maximum atomic E-state index is 12.6. The molecule has 0 spiro atoms. The molecule has 112 valence electrons. The van der Waals surface area contributed by atoms with Gasteiger partial charge in [-0.1, -0.05) is 0 Å². The summed E-state index contributed by atoms with van der Waals surface area (Å²) in [5.41, 5.74) is 6.83. The van der Waals surface area contributed by atoms with Gasteiger partial charge in [0.25, 0.3) is 0 Å². The largest absolute Gasteiger partial charge is 0.398 e. The summed E-state index contributed by atoms with van der Waals surface area (Å²) < 4.78 is 28.0. The van der Waals surface area contributed by atoms with Crippen LogP contribution >= 0.6 is 0 Å². The van der Waals surface area contributed by atoms with Crippen LogP contribution in [0.25, 0.3) is 10.9 Å². The van der Waals surface area contributed by atoms with Crippen LogP contribution in [0.1, 0.15) is 6.42 Å². The lowest BCUT2D eigenvalue weighted by molar-refractivity contribution is 0.407. The number of nitrogens with one attached hydrogen (secondary N) is 1. The van der Waals surface area contributed by atoms with Crippen molar-refractivity contribution in [2.24, 2.45) is 0 Å². The maximum Gasteiger partial charge on any atom is 0.243 e. The first kappa shape index (κ1) is 14.2. The number of nitrogens with zero attached hydrogens (tertiary/aromatic N) is 2. The van der Waals surface area contributed by atoms with Gasteiger partial charge in [-0.25, -0.2) is 13.1 Å². The summed E-state index contributed by atoms with van der Waals surface area (Å²) in [6.45, 7) is 1.62. The molecule has 7 heteroatoms. The second-order valence-corrected chi connectivity index (χ2v) is 7.10. The van der Waals surface area contributed by atoms with E-state index in [1.165, 1.54) is 6.07 Å². The van der Waals surface area contributed by atoms with Crippen molar-refractivity contribution in [3.8, 4) is 0 Å². The molecule has 21 heavy (non-hydrogen) atoms. The molecule has 2 aromatic rings. The summed E-state index contributed by atoms with van der Waals surface area (Å²) in [5, 5.41) is 0.656. The number of hydrogen-bond donors (Lipinski definition) is 2. The average molecular weight is 306 g/mol. The number of anilines is 1. The van der Waals surface area contributed by atoms with E-state index in [1.807, 2.05) is 7.05 Å². The fourth-order valence-corrected chi connectivity index (χ4v) is 4.12. The molecule has 0 aliphatic carbocycles. The summed E-state index contributed by atoms with van der Waals surface area (Å²) in [7, 11) is -1.62. The monoisotopic (exact) mass is 306 g/mol. The predicted molar refractivity (Wildman–Crippen MR) is 82.4 cm³/mol. The highest BCUT2D eigenvalue weighted by Crippen LogP contribution is 2.26. The van der Waals surface area contributed by atoms with Crippen LogP contribution in [0.4, 0.5) is 5.69 Å². The number of fused-ring (bicyclic) bond motifs is 1. The van der Waals surface area contributed by atoms with E-state index in [0.29, 0.717) is 16.6 Å². The first-order valence-corrected chi connectivity index (χ1v) is 8.30. The fourth-order valence-electron chi connectivity index (χ4n) is 2.70. The minimum atomic E-state index is -3.61. The summed E-state index contributed by atoms with van der Waals surface area (Å²) in [5.74, 6) is 0. The predicted octanol–water partition coefficient (Wildman–Crippen LogP) is 0.799. The molecule has 1 saturated heterocycles. The molecule has 1 unspecified atom stereocenters. The van der Waals surface area contributed by atoms with Gasteiger partial charge in [-0.3, -0.25) is 4.98 Å². The number of benzene rings is 1. The maximum absolute atomic E-state index is 12.6. The molecule has 0 radical (unpaired) electrons. The molecule has 2 heterocycles. The van der Waals surface area contributed by atoms with E-state index >= 15 is 0 Å². The lowest BCUT2D eigenvalue weighted by atomic mass is 10.2. The third-order valence-corrected chi connectivity index (χ3v) is 5.32. The SMILES string of the molecule is CN1CCC(NS(=O)(=O)c2ccc(N)c3cccnc23)C1. The van der Waals surface area contributed by atoms with Crippen molar-refractivity contribution >= 4 is 26.6 Å². The van der Waals surface area contributed by atoms with E-state index in [-0.39, 0.29) is 10.9 Å². The molecule has 1 atom stereocenters. The fraction of sp³-hybridized carbons (Fsp3) is 0.357. The Morgan fingerprint density at radius 1 is 1.38 bits per heavy atom. The van der Waals surface area contributed by atoms with Gasteiger partial charge in [-0.15, -0.1) is 0 Å². The Morgan fingerprint density at radius 2 is 2.19 bits per heavy atom. The molecule has 1 aliphatic rings. The Hall–Kier alpha value is -1.70. The summed E-state index contributed by atoms with van der Waals surface area (Å²) in [6, 6.07) is 6.59.